The van der Waals surface area contributed by atoms with E-state index in [4.69, 9.17) is 0 Å². The Hall–Kier alpha value is -1.72. The summed E-state index contributed by atoms with van der Waals surface area (Å²) in [5, 5.41) is 15.2. The number of aromatic nitrogens is 6. The molecule has 0 amide bonds. The highest BCUT2D eigenvalue weighted by atomic mass is 15.4. The minimum Gasteiger partial charge on any atom is -0.252 e. The molecule has 0 unspecified atom stereocenters. The zero-order valence-electron chi connectivity index (χ0n) is 10.7. The summed E-state index contributed by atoms with van der Waals surface area (Å²) in [4.78, 5) is 0. The van der Waals surface area contributed by atoms with Crippen molar-refractivity contribution in [2.75, 3.05) is 0 Å². The molecule has 0 fully saturated rings. The second-order valence-electron chi connectivity index (χ2n) is 3.77. The first kappa shape index (κ1) is 12.4. The number of rotatable bonds is 0. The number of nitrogens with zero attached hydrogens (tertiary/aromatic N) is 6. The smallest absolute Gasteiger partial charge is 0.0825 e. The molecule has 0 aromatic carbocycles. The summed E-state index contributed by atoms with van der Waals surface area (Å²) >= 11 is 0. The van der Waals surface area contributed by atoms with Gasteiger partial charge in [0.2, 0.25) is 0 Å². The van der Waals surface area contributed by atoms with E-state index in [0.29, 0.717) is 0 Å². The normalized spacial score (nSPS) is 9.88. The van der Waals surface area contributed by atoms with Gasteiger partial charge in [0, 0.05) is 14.1 Å². The minimum absolute atomic E-state index is 1.01. The molecule has 0 saturated carbocycles. The van der Waals surface area contributed by atoms with Crippen LogP contribution in [0.25, 0.3) is 0 Å². The molecule has 2 rings (SSSR count). The monoisotopic (exact) mass is 222 g/mol. The zero-order valence-corrected chi connectivity index (χ0v) is 10.7. The predicted octanol–water partition coefficient (Wildman–Crippen LogP) is 0.864. The fourth-order valence-corrected chi connectivity index (χ4v) is 1.02. The molecule has 0 aliphatic heterocycles. The van der Waals surface area contributed by atoms with Crippen LogP contribution in [0.3, 0.4) is 0 Å². The average molecular weight is 222 g/mol. The number of hydrogen-bond donors (Lipinski definition) is 0. The van der Waals surface area contributed by atoms with Gasteiger partial charge in [-0.3, -0.25) is 9.36 Å². The molecule has 6 heteroatoms. The van der Waals surface area contributed by atoms with Crippen molar-refractivity contribution in [3.05, 3.63) is 22.8 Å². The lowest BCUT2D eigenvalue weighted by Crippen LogP contribution is -1.92. The molecule has 0 atom stereocenters. The zero-order chi connectivity index (χ0) is 12.3. The molecule has 6 nitrogen and oxygen atoms in total. The van der Waals surface area contributed by atoms with Crippen molar-refractivity contribution < 1.29 is 0 Å². The third kappa shape index (κ3) is 2.65. The van der Waals surface area contributed by atoms with Gasteiger partial charge < -0.3 is 0 Å². The van der Waals surface area contributed by atoms with Gasteiger partial charge in [-0.25, -0.2) is 0 Å². The van der Waals surface area contributed by atoms with Crippen molar-refractivity contribution in [1.82, 2.24) is 30.0 Å². The van der Waals surface area contributed by atoms with Gasteiger partial charge in [-0.1, -0.05) is 10.4 Å². The van der Waals surface area contributed by atoms with Crippen molar-refractivity contribution in [3.63, 3.8) is 0 Å². The maximum atomic E-state index is 3.83. The SMILES string of the molecule is Cc1nnn(C)c1C.Cc1nnn(C)c1C. The summed E-state index contributed by atoms with van der Waals surface area (Å²) in [7, 11) is 3.77. The van der Waals surface area contributed by atoms with Gasteiger partial charge in [-0.15, -0.1) is 10.2 Å². The first-order chi connectivity index (χ1) is 7.43. The second-order valence-corrected chi connectivity index (χ2v) is 3.77. The van der Waals surface area contributed by atoms with E-state index in [1.807, 2.05) is 41.8 Å². The van der Waals surface area contributed by atoms with E-state index in [9.17, 15) is 0 Å². The average Bonchev–Trinajstić information content (AvgIpc) is 2.70. The first-order valence-corrected chi connectivity index (χ1v) is 5.09. The summed E-state index contributed by atoms with van der Waals surface area (Å²) < 4.78 is 3.52. The minimum atomic E-state index is 1.01. The molecule has 0 saturated heterocycles. The summed E-state index contributed by atoms with van der Waals surface area (Å²) in [6.07, 6.45) is 0. The molecule has 0 aliphatic rings. The topological polar surface area (TPSA) is 61.4 Å². The van der Waals surface area contributed by atoms with Crippen LogP contribution in [0.1, 0.15) is 22.8 Å². The standard InChI is InChI=1S/2C5H9N3/c2*1-4-5(2)8(3)7-6-4/h2*1-3H3. The van der Waals surface area contributed by atoms with E-state index < -0.39 is 0 Å². The first-order valence-electron chi connectivity index (χ1n) is 5.09. The summed E-state index contributed by atoms with van der Waals surface area (Å²) in [6.45, 7) is 7.88. The summed E-state index contributed by atoms with van der Waals surface area (Å²) in [5.41, 5.74) is 4.27. The van der Waals surface area contributed by atoms with E-state index >= 15 is 0 Å². The van der Waals surface area contributed by atoms with Crippen LogP contribution in [0.5, 0.6) is 0 Å². The lowest BCUT2D eigenvalue weighted by molar-refractivity contribution is 0.696. The maximum Gasteiger partial charge on any atom is 0.0825 e. The lowest BCUT2D eigenvalue weighted by atomic mass is 10.4. The highest BCUT2D eigenvalue weighted by Crippen LogP contribution is 1.97. The Balaban J connectivity index is 0.000000160. The van der Waals surface area contributed by atoms with Crippen LogP contribution < -0.4 is 0 Å². The van der Waals surface area contributed by atoms with Crippen LogP contribution in [0, 0.1) is 27.7 Å². The molecule has 2 aromatic rings. The molecule has 88 valence electrons. The fraction of sp³-hybridized carbons (Fsp3) is 0.600. The van der Waals surface area contributed by atoms with Crippen molar-refractivity contribution >= 4 is 0 Å². The van der Waals surface area contributed by atoms with Crippen molar-refractivity contribution in [2.45, 2.75) is 27.7 Å². The highest BCUT2D eigenvalue weighted by Gasteiger charge is 1.96. The highest BCUT2D eigenvalue weighted by molar-refractivity contribution is 5.03. The molecule has 0 bridgehead atoms. The van der Waals surface area contributed by atoms with Gasteiger partial charge in [0.1, 0.15) is 0 Å². The van der Waals surface area contributed by atoms with Crippen LogP contribution in [-0.4, -0.2) is 30.0 Å². The molecule has 2 aromatic heterocycles. The van der Waals surface area contributed by atoms with Gasteiger partial charge in [-0.2, -0.15) is 0 Å². The van der Waals surface area contributed by atoms with Crippen LogP contribution in [0.15, 0.2) is 0 Å². The summed E-state index contributed by atoms with van der Waals surface area (Å²) in [6, 6.07) is 0. The quantitative estimate of drug-likeness (QED) is 0.663. The Kier molecular flexibility index (Phi) is 3.76. The molecular formula is C10H18N6. The second kappa shape index (κ2) is 4.87. The molecular weight excluding hydrogens is 204 g/mol. The van der Waals surface area contributed by atoms with Crippen LogP contribution in [-0.2, 0) is 14.1 Å². The molecule has 0 spiro atoms. The Labute approximate surface area is 95.3 Å². The maximum absolute atomic E-state index is 3.83. The van der Waals surface area contributed by atoms with Crippen molar-refractivity contribution in [2.24, 2.45) is 14.1 Å². The molecule has 0 N–H and O–H groups in total. The summed E-state index contributed by atoms with van der Waals surface area (Å²) in [5.74, 6) is 0. The van der Waals surface area contributed by atoms with Gasteiger partial charge >= 0.3 is 0 Å². The third-order valence-corrected chi connectivity index (χ3v) is 2.68. The Morgan fingerprint density at radius 3 is 1.06 bits per heavy atom. The number of aryl methyl sites for hydroxylation is 4. The molecule has 0 aliphatic carbocycles. The molecule has 2 heterocycles. The lowest BCUT2D eigenvalue weighted by Gasteiger charge is -1.87. The van der Waals surface area contributed by atoms with E-state index in [0.717, 1.165) is 22.8 Å². The predicted molar refractivity (Wildman–Crippen MR) is 61.0 cm³/mol. The van der Waals surface area contributed by atoms with E-state index in [2.05, 4.69) is 20.6 Å². The van der Waals surface area contributed by atoms with Gasteiger partial charge in [-0.05, 0) is 27.7 Å². The van der Waals surface area contributed by atoms with Crippen molar-refractivity contribution in [1.29, 1.82) is 0 Å². The van der Waals surface area contributed by atoms with Crippen LogP contribution >= 0.6 is 0 Å². The Morgan fingerprint density at radius 1 is 0.688 bits per heavy atom. The van der Waals surface area contributed by atoms with Crippen LogP contribution in [0.4, 0.5) is 0 Å². The van der Waals surface area contributed by atoms with Crippen molar-refractivity contribution in [3.8, 4) is 0 Å². The van der Waals surface area contributed by atoms with Crippen LogP contribution in [0.2, 0.25) is 0 Å². The fourth-order valence-electron chi connectivity index (χ4n) is 1.02. The number of hydrogen-bond acceptors (Lipinski definition) is 4. The molecule has 0 radical (unpaired) electrons. The van der Waals surface area contributed by atoms with Gasteiger partial charge in [0.25, 0.3) is 0 Å². The van der Waals surface area contributed by atoms with Gasteiger partial charge in [0.15, 0.2) is 0 Å². The van der Waals surface area contributed by atoms with E-state index in [-0.39, 0.29) is 0 Å². The molecule has 16 heavy (non-hydrogen) atoms. The third-order valence-electron chi connectivity index (χ3n) is 2.68. The van der Waals surface area contributed by atoms with Gasteiger partial charge in [0.05, 0.1) is 22.8 Å². The van der Waals surface area contributed by atoms with E-state index in [1.165, 1.54) is 0 Å². The Morgan fingerprint density at radius 2 is 1.00 bits per heavy atom. The Bertz CT molecular complexity index is 384. The van der Waals surface area contributed by atoms with E-state index in [1.54, 1.807) is 9.36 Å². The largest absolute Gasteiger partial charge is 0.252 e.